The summed E-state index contributed by atoms with van der Waals surface area (Å²) in [5.41, 5.74) is 0.837. The van der Waals surface area contributed by atoms with Crippen LogP contribution in [0.1, 0.15) is 112 Å². The van der Waals surface area contributed by atoms with E-state index in [2.05, 4.69) is 77.2 Å². The number of hydrogen-bond acceptors (Lipinski definition) is 9. The number of ether oxygens (including phenoxy) is 3. The van der Waals surface area contributed by atoms with E-state index < -0.39 is 10.5 Å². The predicted octanol–water partition coefficient (Wildman–Crippen LogP) is 10.6. The Balaban J connectivity index is 0.000000173. The summed E-state index contributed by atoms with van der Waals surface area (Å²) in [5, 5.41) is 15.4. The van der Waals surface area contributed by atoms with Crippen molar-refractivity contribution in [1.29, 1.82) is 0 Å². The molecule has 2 aliphatic carbocycles. The maximum Gasteiger partial charge on any atom is 0.299 e. The number of aliphatic hydroxyl groups is 1. The molecule has 61 heavy (non-hydrogen) atoms. The van der Waals surface area contributed by atoms with Gasteiger partial charge in [0.05, 0.1) is 41.6 Å². The highest BCUT2D eigenvalue weighted by Crippen LogP contribution is 2.53. The second kappa shape index (κ2) is 22.2. The summed E-state index contributed by atoms with van der Waals surface area (Å²) in [6.45, 7) is 21.2. The summed E-state index contributed by atoms with van der Waals surface area (Å²) in [4.78, 5) is 22.8. The molecule has 338 valence electrons. The predicted molar refractivity (Wildman–Crippen MR) is 258 cm³/mol. The second-order valence-corrected chi connectivity index (χ2v) is 20.6. The van der Waals surface area contributed by atoms with Gasteiger partial charge in [-0.1, -0.05) is 78.3 Å². The lowest BCUT2D eigenvalue weighted by molar-refractivity contribution is -0.197. The van der Waals surface area contributed by atoms with E-state index in [0.29, 0.717) is 51.7 Å². The minimum absolute atomic E-state index is 0.0172. The molecule has 15 heteroatoms. The Morgan fingerprint density at radius 1 is 1.07 bits per heavy atom. The number of halogens is 3. The molecule has 2 aromatic carbocycles. The van der Waals surface area contributed by atoms with Crippen LogP contribution in [0.3, 0.4) is 0 Å². The molecule has 3 fully saturated rings. The van der Waals surface area contributed by atoms with Crippen molar-refractivity contribution >= 4 is 68.9 Å². The molecule has 2 saturated carbocycles. The average molecular weight is 1010 g/mol. The molecule has 1 aliphatic heterocycles. The third-order valence-electron chi connectivity index (χ3n) is 12.1. The Bertz CT molecular complexity index is 2130. The van der Waals surface area contributed by atoms with Gasteiger partial charge < -0.3 is 24.2 Å². The molecule has 0 radical (unpaired) electrons. The summed E-state index contributed by atoms with van der Waals surface area (Å²) < 4.78 is 22.8. The molecule has 0 bridgehead atoms. The van der Waals surface area contributed by atoms with Crippen LogP contribution in [0.5, 0.6) is 6.01 Å². The van der Waals surface area contributed by atoms with Crippen molar-refractivity contribution in [3.8, 4) is 6.01 Å². The maximum absolute atomic E-state index is 12.5. The molecule has 11 nitrogen and oxygen atoms in total. The molecule has 1 saturated heterocycles. The third kappa shape index (κ3) is 13.2. The maximum atomic E-state index is 12.5. The van der Waals surface area contributed by atoms with Crippen LogP contribution in [-0.4, -0.2) is 89.5 Å². The number of nitrogens with one attached hydrogen (secondary N) is 1. The van der Waals surface area contributed by atoms with Crippen LogP contribution < -0.4 is 10.3 Å². The van der Waals surface area contributed by atoms with Gasteiger partial charge in [-0.3, -0.25) is 19.1 Å². The summed E-state index contributed by atoms with van der Waals surface area (Å²) in [5.74, 6) is 0.555. The van der Waals surface area contributed by atoms with Crippen LogP contribution in [0.15, 0.2) is 53.6 Å². The van der Waals surface area contributed by atoms with Gasteiger partial charge in [0.25, 0.3) is 11.6 Å². The van der Waals surface area contributed by atoms with Gasteiger partial charge >= 0.3 is 0 Å². The van der Waals surface area contributed by atoms with Gasteiger partial charge in [0.2, 0.25) is 4.77 Å². The number of nitrogens with zero attached hydrogens (tertiary/aromatic N) is 5. The van der Waals surface area contributed by atoms with E-state index in [1.807, 2.05) is 56.3 Å². The Labute approximate surface area is 391 Å². The molecule has 2 atom stereocenters. The quantitative estimate of drug-likeness (QED) is 0.0681. The van der Waals surface area contributed by atoms with Crippen molar-refractivity contribution in [3.05, 3.63) is 78.1 Å². The first-order valence-corrected chi connectivity index (χ1v) is 24.4. The number of alkyl halides is 1. The Morgan fingerprint density at radius 2 is 1.79 bits per heavy atom. The van der Waals surface area contributed by atoms with Gasteiger partial charge in [0.1, 0.15) is 11.9 Å². The first kappa shape index (κ1) is 49.9. The van der Waals surface area contributed by atoms with Crippen molar-refractivity contribution in [3.63, 3.8) is 0 Å². The number of fused-ring (bicyclic) bond motifs is 1. The first-order valence-electron chi connectivity index (χ1n) is 22.1. The van der Waals surface area contributed by atoms with Gasteiger partial charge in [0, 0.05) is 40.9 Å². The molecule has 3 aliphatic rings. The lowest BCUT2D eigenvalue weighted by Crippen LogP contribution is -2.47. The molecule has 3 heterocycles. The van der Waals surface area contributed by atoms with E-state index in [1.165, 1.54) is 25.6 Å². The van der Waals surface area contributed by atoms with Crippen LogP contribution in [0, 0.1) is 19.7 Å². The smallest absolute Gasteiger partial charge is 0.299 e. The molecule has 4 aromatic rings. The number of likely N-dealkylation sites (N-methyl/N-ethyl adjacent to an activating group) is 1. The van der Waals surface area contributed by atoms with E-state index >= 15 is 0 Å². The van der Waals surface area contributed by atoms with Crippen LogP contribution >= 0.6 is 58.0 Å². The van der Waals surface area contributed by atoms with E-state index in [-0.39, 0.29) is 24.0 Å². The molecule has 0 amide bonds. The highest BCUT2D eigenvalue weighted by atomic mass is 127. The number of hydrogen-bond donors (Lipinski definition) is 2. The van der Waals surface area contributed by atoms with E-state index in [9.17, 15) is 9.90 Å². The first-order chi connectivity index (χ1) is 29.0. The molecule has 7 rings (SSSR count). The largest absolute Gasteiger partial charge is 0.465 e. The highest BCUT2D eigenvalue weighted by Gasteiger charge is 2.58. The highest BCUT2D eigenvalue weighted by molar-refractivity contribution is 14.1. The van der Waals surface area contributed by atoms with Crippen molar-refractivity contribution < 1.29 is 19.3 Å². The Hall–Kier alpha value is -2.11. The van der Waals surface area contributed by atoms with Crippen molar-refractivity contribution in [1.82, 2.24) is 29.2 Å². The van der Waals surface area contributed by atoms with Crippen molar-refractivity contribution in [2.24, 2.45) is 11.3 Å². The molecule has 2 N–H and O–H groups in total. The molecule has 2 unspecified atom stereocenters. The van der Waals surface area contributed by atoms with Crippen molar-refractivity contribution in [2.75, 3.05) is 32.8 Å². The number of H-pyrrole nitrogens is 1. The van der Waals surface area contributed by atoms with Gasteiger partial charge in [-0.05, 0) is 134 Å². The summed E-state index contributed by atoms with van der Waals surface area (Å²) >= 11 is 20.1. The van der Waals surface area contributed by atoms with Gasteiger partial charge in [-0.15, -0.1) is 11.6 Å². The number of aromatic nitrogens is 5. The Kier molecular flexibility index (Phi) is 18.2. The number of rotatable bonds is 15. The van der Waals surface area contributed by atoms with Crippen molar-refractivity contribution in [2.45, 2.75) is 148 Å². The summed E-state index contributed by atoms with van der Waals surface area (Å²) in [7, 11) is 0. The summed E-state index contributed by atoms with van der Waals surface area (Å²) in [6.07, 6.45) is 11.3. The SMILES string of the molecule is CCCN(CC)CC1COC2(CCC(C(C)(C)C)CC2)O1.CCCOc1nc2ccc(I)cc2c(=O)n1CCC.OC(Cc1ccccc1Cl)(Cn1[nH]cnc1=S)C1(Cl)CC1. The van der Waals surface area contributed by atoms with E-state index in [4.69, 9.17) is 49.6 Å². The Morgan fingerprint density at radius 3 is 2.38 bits per heavy atom. The molecular weight excluding hydrogens is 946 g/mol. The van der Waals surface area contributed by atoms with Gasteiger partial charge in [0.15, 0.2) is 5.79 Å². The monoisotopic (exact) mass is 1010 g/mol. The lowest BCUT2D eigenvalue weighted by atomic mass is 9.71. The van der Waals surface area contributed by atoms with Gasteiger partial charge in [-0.25, -0.2) is 4.98 Å². The number of benzene rings is 2. The minimum atomic E-state index is -1.13. The second-order valence-electron chi connectivity index (χ2n) is 17.9. The topological polar surface area (TPSA) is 120 Å². The van der Waals surface area contributed by atoms with Crippen LogP contribution in [-0.2, 0) is 29.0 Å². The zero-order chi connectivity index (χ0) is 44.4. The molecule has 1 spiro atoms. The van der Waals surface area contributed by atoms with E-state index in [0.717, 1.165) is 79.8 Å². The van der Waals surface area contributed by atoms with Crippen LogP contribution in [0.2, 0.25) is 5.02 Å². The normalized spacial score (nSPS) is 21.7. The molecular formula is C46H67Cl2IN6O5S. The zero-order valence-corrected chi connectivity index (χ0v) is 41.6. The fraction of sp³-hybridized carbons (Fsp3) is 0.652. The standard InChI is InChI=1S/C18H35NO2.C14H15Cl2N3OS.C14H17IN2O2/c1-6-12-19(7-2)13-16-14-20-18(21-16)10-8-15(9-11-18)17(3,4)5;15-11-4-2-1-3-10(11)7-14(20,13(16)5-6-13)8-19-12(21)17-9-18-19;1-3-7-17-13(18)11-9-10(15)5-6-12(11)16-14(17)19-8-4-2/h15-16H,6-14H2,1-5H3;1-4,9,20H,5-8H2,(H,17,18,21);5-6,9H,3-4,7-8H2,1-2H3. The summed E-state index contributed by atoms with van der Waals surface area (Å²) in [6, 6.07) is 13.6. The minimum Gasteiger partial charge on any atom is -0.465 e. The third-order valence-corrected chi connectivity index (χ3v) is 14.2. The fourth-order valence-electron chi connectivity index (χ4n) is 8.31. The fourth-order valence-corrected chi connectivity index (χ4v) is 9.40. The number of aromatic amines is 1. The van der Waals surface area contributed by atoms with Gasteiger partial charge in [-0.2, -0.15) is 4.98 Å². The zero-order valence-electron chi connectivity index (χ0n) is 37.2. The van der Waals surface area contributed by atoms with Crippen LogP contribution in [0.25, 0.3) is 10.9 Å². The van der Waals surface area contributed by atoms with E-state index in [1.54, 1.807) is 9.25 Å². The van der Waals surface area contributed by atoms with Crippen LogP contribution in [0.4, 0.5) is 0 Å². The average Bonchev–Trinajstić information content (AvgIpc) is 3.71. The molecule has 2 aromatic heterocycles. The lowest BCUT2D eigenvalue weighted by Gasteiger charge is -2.41.